The first kappa shape index (κ1) is 11.8. The molecule has 0 fully saturated rings. The van der Waals surface area contributed by atoms with Gasteiger partial charge in [-0.15, -0.1) is 0 Å². The second-order valence-electron chi connectivity index (χ2n) is 3.05. The number of phenolic OH excluding ortho intramolecular Hbond substituents is 1. The Hall–Kier alpha value is -2.28. The molecule has 0 atom stereocenters. The molecule has 0 unspecified atom stereocenters. The fraction of sp³-hybridized carbons (Fsp3) is 0.167. The Morgan fingerprint density at radius 3 is 2.81 bits per heavy atom. The van der Waals surface area contributed by atoms with Crippen LogP contribution in [0.1, 0.15) is 12.0 Å². The van der Waals surface area contributed by atoms with Crippen molar-refractivity contribution < 1.29 is 14.6 Å². The highest BCUT2D eigenvalue weighted by Crippen LogP contribution is 2.20. The second-order valence-corrected chi connectivity index (χ2v) is 3.05. The van der Waals surface area contributed by atoms with Crippen LogP contribution in [0.15, 0.2) is 29.8 Å². The van der Waals surface area contributed by atoms with Gasteiger partial charge in [0.2, 0.25) is 0 Å². The summed E-state index contributed by atoms with van der Waals surface area (Å²) in [5.74, 6) is -0.508. The number of carbonyl (C=O) groups is 1. The number of carbonyl (C=O) groups excluding carboxylic acids is 1. The summed E-state index contributed by atoms with van der Waals surface area (Å²) in [6.07, 6.45) is 1.39. The van der Waals surface area contributed by atoms with E-state index in [0.29, 0.717) is 5.56 Å². The number of hydrogen-bond donors (Lipinski definition) is 1. The van der Waals surface area contributed by atoms with Crippen LogP contribution in [-0.4, -0.2) is 18.2 Å². The van der Waals surface area contributed by atoms with Crippen molar-refractivity contribution in [2.75, 3.05) is 7.11 Å². The Bertz CT molecular complexity index is 458. The number of phenols is 1. The van der Waals surface area contributed by atoms with Crippen molar-refractivity contribution in [3.05, 3.63) is 35.4 Å². The number of nitrogens with zero attached hydrogens (tertiary/aromatic N) is 1. The van der Waals surface area contributed by atoms with Crippen LogP contribution in [0.25, 0.3) is 6.08 Å². The predicted molar refractivity (Wildman–Crippen MR) is 58.3 cm³/mol. The van der Waals surface area contributed by atoms with E-state index in [9.17, 15) is 9.90 Å². The Kier molecular flexibility index (Phi) is 4.10. The molecule has 0 aromatic heterocycles. The number of nitriles is 1. The molecular formula is C12H11NO3. The van der Waals surface area contributed by atoms with Crippen LogP contribution in [0.2, 0.25) is 0 Å². The van der Waals surface area contributed by atoms with Crippen LogP contribution >= 0.6 is 0 Å². The molecule has 0 saturated heterocycles. The Morgan fingerprint density at radius 1 is 1.56 bits per heavy atom. The van der Waals surface area contributed by atoms with Gasteiger partial charge in [0, 0.05) is 5.56 Å². The zero-order valence-corrected chi connectivity index (χ0v) is 8.80. The smallest absolute Gasteiger partial charge is 0.334 e. The number of methoxy groups -OCH3 is 1. The summed E-state index contributed by atoms with van der Waals surface area (Å²) < 4.78 is 4.54. The fourth-order valence-corrected chi connectivity index (χ4v) is 1.20. The van der Waals surface area contributed by atoms with E-state index in [1.54, 1.807) is 18.2 Å². The maximum Gasteiger partial charge on any atom is 0.334 e. The average molecular weight is 217 g/mol. The molecule has 16 heavy (non-hydrogen) atoms. The molecule has 1 rings (SSSR count). The minimum atomic E-state index is -0.565. The number of ether oxygens (including phenoxy) is 1. The zero-order chi connectivity index (χ0) is 12.0. The largest absolute Gasteiger partial charge is 0.507 e. The van der Waals surface area contributed by atoms with Gasteiger partial charge in [0.05, 0.1) is 25.2 Å². The number of esters is 1. The van der Waals surface area contributed by atoms with Gasteiger partial charge in [-0.2, -0.15) is 5.26 Å². The molecule has 0 heterocycles. The van der Waals surface area contributed by atoms with Gasteiger partial charge in [0.1, 0.15) is 5.75 Å². The standard InChI is InChI=1S/C12H11NO3/c1-16-12(15)10(6-7-13)8-9-4-2-3-5-11(9)14/h2-5,8,14H,6H2,1H3/b10-8-. The normalized spacial score (nSPS) is 10.6. The van der Waals surface area contributed by atoms with E-state index in [1.807, 2.05) is 6.07 Å². The summed E-state index contributed by atoms with van der Waals surface area (Å²) in [5, 5.41) is 18.1. The first-order chi connectivity index (χ1) is 7.69. The van der Waals surface area contributed by atoms with Gasteiger partial charge in [-0.1, -0.05) is 18.2 Å². The Morgan fingerprint density at radius 2 is 2.25 bits per heavy atom. The minimum absolute atomic E-state index is 0.0546. The fourth-order valence-electron chi connectivity index (χ4n) is 1.20. The van der Waals surface area contributed by atoms with Gasteiger partial charge in [0.15, 0.2) is 0 Å². The van der Waals surface area contributed by atoms with Crippen molar-refractivity contribution in [1.82, 2.24) is 0 Å². The van der Waals surface area contributed by atoms with Crippen molar-refractivity contribution in [2.45, 2.75) is 6.42 Å². The van der Waals surface area contributed by atoms with E-state index in [4.69, 9.17) is 5.26 Å². The lowest BCUT2D eigenvalue weighted by atomic mass is 10.1. The molecule has 1 N–H and O–H groups in total. The number of hydrogen-bond acceptors (Lipinski definition) is 4. The summed E-state index contributed by atoms with van der Waals surface area (Å²) in [6.45, 7) is 0. The maximum absolute atomic E-state index is 11.3. The third-order valence-electron chi connectivity index (χ3n) is 1.98. The van der Waals surface area contributed by atoms with E-state index < -0.39 is 5.97 Å². The van der Waals surface area contributed by atoms with Gasteiger partial charge in [-0.05, 0) is 12.1 Å². The highest BCUT2D eigenvalue weighted by atomic mass is 16.5. The van der Waals surface area contributed by atoms with Crippen molar-refractivity contribution in [1.29, 1.82) is 5.26 Å². The number of benzene rings is 1. The van der Waals surface area contributed by atoms with Crippen molar-refractivity contribution >= 4 is 12.0 Å². The van der Waals surface area contributed by atoms with Crippen LogP contribution in [-0.2, 0) is 9.53 Å². The van der Waals surface area contributed by atoms with Crippen molar-refractivity contribution in [3.63, 3.8) is 0 Å². The molecule has 0 amide bonds. The van der Waals surface area contributed by atoms with Crippen LogP contribution in [0, 0.1) is 11.3 Å². The van der Waals surface area contributed by atoms with E-state index in [1.165, 1.54) is 19.3 Å². The minimum Gasteiger partial charge on any atom is -0.507 e. The van der Waals surface area contributed by atoms with Gasteiger partial charge in [-0.25, -0.2) is 4.79 Å². The molecule has 0 radical (unpaired) electrons. The lowest BCUT2D eigenvalue weighted by molar-refractivity contribution is -0.136. The SMILES string of the molecule is COC(=O)/C(=C\c1ccccc1O)CC#N. The summed E-state index contributed by atoms with van der Waals surface area (Å²) in [5.41, 5.74) is 0.699. The Labute approximate surface area is 93.4 Å². The van der Waals surface area contributed by atoms with Crippen molar-refractivity contribution in [2.24, 2.45) is 0 Å². The summed E-state index contributed by atoms with van der Waals surface area (Å²) in [6, 6.07) is 8.43. The molecule has 1 aromatic carbocycles. The zero-order valence-electron chi connectivity index (χ0n) is 8.80. The van der Waals surface area contributed by atoms with Crippen molar-refractivity contribution in [3.8, 4) is 11.8 Å². The maximum atomic E-state index is 11.3. The Balaban J connectivity index is 3.08. The van der Waals surface area contributed by atoms with Crippen LogP contribution in [0.5, 0.6) is 5.75 Å². The molecule has 4 heteroatoms. The van der Waals surface area contributed by atoms with Gasteiger partial charge in [0.25, 0.3) is 0 Å². The summed E-state index contributed by atoms with van der Waals surface area (Å²) in [4.78, 5) is 11.3. The van der Waals surface area contributed by atoms with Crippen LogP contribution in [0.4, 0.5) is 0 Å². The molecular weight excluding hydrogens is 206 g/mol. The quantitative estimate of drug-likeness (QED) is 0.619. The molecule has 82 valence electrons. The molecule has 0 saturated carbocycles. The van der Waals surface area contributed by atoms with E-state index in [-0.39, 0.29) is 17.7 Å². The lowest BCUT2D eigenvalue weighted by Gasteiger charge is -2.02. The molecule has 1 aromatic rings. The van der Waals surface area contributed by atoms with Gasteiger partial charge < -0.3 is 9.84 Å². The highest BCUT2D eigenvalue weighted by molar-refractivity contribution is 5.94. The molecule has 0 aliphatic rings. The molecule has 0 aliphatic heterocycles. The first-order valence-electron chi connectivity index (χ1n) is 4.63. The van der Waals surface area contributed by atoms with E-state index in [2.05, 4.69) is 4.74 Å². The summed E-state index contributed by atoms with van der Waals surface area (Å²) in [7, 11) is 1.25. The highest BCUT2D eigenvalue weighted by Gasteiger charge is 2.10. The lowest BCUT2D eigenvalue weighted by Crippen LogP contribution is -2.04. The topological polar surface area (TPSA) is 70.3 Å². The monoisotopic (exact) mass is 217 g/mol. The average Bonchev–Trinajstić information content (AvgIpc) is 2.30. The van der Waals surface area contributed by atoms with Gasteiger partial charge in [-0.3, -0.25) is 0 Å². The third kappa shape index (κ3) is 2.85. The van der Waals surface area contributed by atoms with E-state index in [0.717, 1.165) is 0 Å². The first-order valence-corrected chi connectivity index (χ1v) is 4.63. The van der Waals surface area contributed by atoms with Gasteiger partial charge >= 0.3 is 5.97 Å². The molecule has 4 nitrogen and oxygen atoms in total. The third-order valence-corrected chi connectivity index (χ3v) is 1.98. The molecule has 0 spiro atoms. The predicted octanol–water partition coefficient (Wildman–Crippen LogP) is 1.86. The molecule has 0 aliphatic carbocycles. The second kappa shape index (κ2) is 5.56. The van der Waals surface area contributed by atoms with Crippen LogP contribution in [0.3, 0.4) is 0 Å². The van der Waals surface area contributed by atoms with E-state index >= 15 is 0 Å². The summed E-state index contributed by atoms with van der Waals surface area (Å²) >= 11 is 0. The number of para-hydroxylation sites is 1. The number of rotatable bonds is 3. The van der Waals surface area contributed by atoms with Crippen LogP contribution < -0.4 is 0 Å². The number of aromatic hydroxyl groups is 1. The molecule has 0 bridgehead atoms.